The standard InChI is InChI=1S/C14H21N/c1-14(2,3)13-7-6-12-10-15-8-4-5-11(12)9-13/h6-7,9,15H,4-5,8,10H2,1-3H3. The Morgan fingerprint density at radius 2 is 1.93 bits per heavy atom. The van der Waals surface area contributed by atoms with Gasteiger partial charge in [0.15, 0.2) is 0 Å². The smallest absolute Gasteiger partial charge is 0.0208 e. The van der Waals surface area contributed by atoms with Crippen LogP contribution in [-0.4, -0.2) is 6.54 Å². The first-order valence-corrected chi connectivity index (χ1v) is 5.90. The van der Waals surface area contributed by atoms with Crippen LogP contribution in [0.2, 0.25) is 0 Å². The molecule has 0 bridgehead atoms. The van der Waals surface area contributed by atoms with Gasteiger partial charge in [0.05, 0.1) is 0 Å². The highest BCUT2D eigenvalue weighted by Gasteiger charge is 2.16. The molecular weight excluding hydrogens is 182 g/mol. The molecule has 0 amide bonds. The van der Waals surface area contributed by atoms with E-state index in [9.17, 15) is 0 Å². The molecular formula is C14H21N. The number of nitrogens with one attached hydrogen (secondary N) is 1. The molecule has 15 heavy (non-hydrogen) atoms. The van der Waals surface area contributed by atoms with Crippen molar-refractivity contribution in [2.45, 2.75) is 45.6 Å². The molecule has 1 aliphatic rings. The Bertz CT molecular complexity index is 347. The van der Waals surface area contributed by atoms with Crippen LogP contribution in [0.1, 0.15) is 43.9 Å². The third kappa shape index (κ3) is 2.40. The molecule has 0 fully saturated rings. The first kappa shape index (κ1) is 10.7. The lowest BCUT2D eigenvalue weighted by Crippen LogP contribution is -2.13. The summed E-state index contributed by atoms with van der Waals surface area (Å²) in [4.78, 5) is 0. The predicted molar refractivity (Wildman–Crippen MR) is 65.2 cm³/mol. The van der Waals surface area contributed by atoms with Crippen LogP contribution in [0.25, 0.3) is 0 Å². The fraction of sp³-hybridized carbons (Fsp3) is 0.571. The summed E-state index contributed by atoms with van der Waals surface area (Å²) in [5, 5.41) is 3.46. The Morgan fingerprint density at radius 1 is 1.13 bits per heavy atom. The number of hydrogen-bond donors (Lipinski definition) is 1. The van der Waals surface area contributed by atoms with E-state index in [0.717, 1.165) is 13.1 Å². The Morgan fingerprint density at radius 3 is 2.67 bits per heavy atom. The molecule has 0 aliphatic carbocycles. The minimum atomic E-state index is 0.273. The quantitative estimate of drug-likeness (QED) is 0.683. The highest BCUT2D eigenvalue weighted by molar-refractivity contribution is 5.35. The van der Waals surface area contributed by atoms with Gasteiger partial charge in [-0.15, -0.1) is 0 Å². The zero-order valence-corrected chi connectivity index (χ0v) is 10.1. The largest absolute Gasteiger partial charge is 0.313 e. The van der Waals surface area contributed by atoms with Gasteiger partial charge in [-0.2, -0.15) is 0 Å². The Balaban J connectivity index is 2.36. The number of benzene rings is 1. The molecule has 1 heterocycles. The fourth-order valence-corrected chi connectivity index (χ4v) is 2.12. The van der Waals surface area contributed by atoms with Crippen LogP contribution >= 0.6 is 0 Å². The predicted octanol–water partition coefficient (Wildman–Crippen LogP) is 3.02. The summed E-state index contributed by atoms with van der Waals surface area (Å²) in [7, 11) is 0. The number of rotatable bonds is 0. The zero-order chi connectivity index (χ0) is 10.9. The fourth-order valence-electron chi connectivity index (χ4n) is 2.12. The van der Waals surface area contributed by atoms with Crippen LogP contribution < -0.4 is 5.32 Å². The molecule has 1 nitrogen and oxygen atoms in total. The van der Waals surface area contributed by atoms with Crippen molar-refractivity contribution < 1.29 is 0 Å². The molecule has 0 saturated carbocycles. The number of hydrogen-bond acceptors (Lipinski definition) is 1. The molecule has 0 radical (unpaired) electrons. The van der Waals surface area contributed by atoms with E-state index in [4.69, 9.17) is 0 Å². The van der Waals surface area contributed by atoms with Gasteiger partial charge in [0, 0.05) is 6.54 Å². The van der Waals surface area contributed by atoms with Crippen LogP contribution in [0, 0.1) is 0 Å². The van der Waals surface area contributed by atoms with Gasteiger partial charge in [-0.25, -0.2) is 0 Å². The maximum Gasteiger partial charge on any atom is 0.0208 e. The molecule has 1 N–H and O–H groups in total. The SMILES string of the molecule is CC(C)(C)c1ccc2c(c1)CCCNC2. The van der Waals surface area contributed by atoms with E-state index in [1.54, 1.807) is 5.56 Å². The molecule has 1 aromatic rings. The second kappa shape index (κ2) is 3.97. The van der Waals surface area contributed by atoms with Gasteiger partial charge < -0.3 is 5.32 Å². The van der Waals surface area contributed by atoms with Gasteiger partial charge in [0.1, 0.15) is 0 Å². The van der Waals surface area contributed by atoms with Crippen LogP contribution in [0.5, 0.6) is 0 Å². The molecule has 1 aromatic carbocycles. The van der Waals surface area contributed by atoms with Crippen molar-refractivity contribution in [1.29, 1.82) is 0 Å². The first-order valence-electron chi connectivity index (χ1n) is 5.90. The molecule has 0 spiro atoms. The maximum absolute atomic E-state index is 3.46. The number of aryl methyl sites for hydroxylation is 1. The Labute approximate surface area is 92.9 Å². The molecule has 1 aliphatic heterocycles. The minimum Gasteiger partial charge on any atom is -0.313 e. The molecule has 0 atom stereocenters. The van der Waals surface area contributed by atoms with Gasteiger partial charge in [-0.1, -0.05) is 39.0 Å². The second-order valence-corrected chi connectivity index (χ2v) is 5.51. The minimum absolute atomic E-state index is 0.273. The lowest BCUT2D eigenvalue weighted by Gasteiger charge is -2.20. The monoisotopic (exact) mass is 203 g/mol. The van der Waals surface area contributed by atoms with Crippen molar-refractivity contribution in [2.24, 2.45) is 0 Å². The number of fused-ring (bicyclic) bond motifs is 1. The lowest BCUT2D eigenvalue weighted by atomic mass is 9.85. The van der Waals surface area contributed by atoms with Crippen molar-refractivity contribution in [3.8, 4) is 0 Å². The molecule has 82 valence electrons. The van der Waals surface area contributed by atoms with Crippen LogP contribution in [0.3, 0.4) is 0 Å². The van der Waals surface area contributed by atoms with E-state index >= 15 is 0 Å². The zero-order valence-electron chi connectivity index (χ0n) is 10.1. The summed E-state index contributed by atoms with van der Waals surface area (Å²) in [5.41, 5.74) is 4.77. The van der Waals surface area contributed by atoms with Gasteiger partial charge >= 0.3 is 0 Å². The third-order valence-corrected chi connectivity index (χ3v) is 3.19. The van der Waals surface area contributed by atoms with Crippen molar-refractivity contribution in [3.05, 3.63) is 34.9 Å². The van der Waals surface area contributed by atoms with E-state index in [1.165, 1.54) is 24.0 Å². The van der Waals surface area contributed by atoms with E-state index in [0.29, 0.717) is 0 Å². The van der Waals surface area contributed by atoms with E-state index in [1.807, 2.05) is 0 Å². The normalized spacial score (nSPS) is 17.0. The Hall–Kier alpha value is -0.820. The van der Waals surface area contributed by atoms with Gasteiger partial charge in [0.2, 0.25) is 0 Å². The molecule has 0 saturated heterocycles. The first-order chi connectivity index (χ1) is 7.07. The highest BCUT2D eigenvalue weighted by atomic mass is 14.8. The van der Waals surface area contributed by atoms with Crippen molar-refractivity contribution in [1.82, 2.24) is 5.32 Å². The van der Waals surface area contributed by atoms with Crippen LogP contribution in [-0.2, 0) is 18.4 Å². The summed E-state index contributed by atoms with van der Waals surface area (Å²) in [6.07, 6.45) is 2.49. The van der Waals surface area contributed by atoms with Gasteiger partial charge in [-0.3, -0.25) is 0 Å². The molecule has 0 unspecified atom stereocenters. The summed E-state index contributed by atoms with van der Waals surface area (Å²) in [6, 6.07) is 6.99. The van der Waals surface area contributed by atoms with Crippen LogP contribution in [0.4, 0.5) is 0 Å². The highest BCUT2D eigenvalue weighted by Crippen LogP contribution is 2.25. The summed E-state index contributed by atoms with van der Waals surface area (Å²) < 4.78 is 0. The summed E-state index contributed by atoms with van der Waals surface area (Å²) in [6.45, 7) is 9.04. The Kier molecular flexibility index (Phi) is 2.83. The second-order valence-electron chi connectivity index (χ2n) is 5.51. The molecule has 2 rings (SSSR count). The van der Waals surface area contributed by atoms with E-state index < -0.39 is 0 Å². The average molecular weight is 203 g/mol. The third-order valence-electron chi connectivity index (χ3n) is 3.19. The molecule has 0 aromatic heterocycles. The summed E-state index contributed by atoms with van der Waals surface area (Å²) >= 11 is 0. The molecule has 1 heteroatoms. The van der Waals surface area contributed by atoms with Gasteiger partial charge in [-0.05, 0) is 41.5 Å². The van der Waals surface area contributed by atoms with Crippen molar-refractivity contribution in [3.63, 3.8) is 0 Å². The maximum atomic E-state index is 3.46. The van der Waals surface area contributed by atoms with E-state index in [2.05, 4.69) is 44.3 Å². The van der Waals surface area contributed by atoms with Crippen molar-refractivity contribution in [2.75, 3.05) is 6.54 Å². The topological polar surface area (TPSA) is 12.0 Å². The van der Waals surface area contributed by atoms with Gasteiger partial charge in [0.25, 0.3) is 0 Å². The lowest BCUT2D eigenvalue weighted by molar-refractivity contribution is 0.589. The van der Waals surface area contributed by atoms with E-state index in [-0.39, 0.29) is 5.41 Å². The summed E-state index contributed by atoms with van der Waals surface area (Å²) in [5.74, 6) is 0. The average Bonchev–Trinajstić information content (AvgIpc) is 2.39. The van der Waals surface area contributed by atoms with Crippen molar-refractivity contribution >= 4 is 0 Å². The van der Waals surface area contributed by atoms with Crippen LogP contribution in [0.15, 0.2) is 18.2 Å².